The highest BCUT2D eigenvalue weighted by Gasteiger charge is 2.34. The number of ether oxygens (including phenoxy) is 1. The molecule has 0 saturated carbocycles. The number of hydrogen-bond donors (Lipinski definition) is 1. The summed E-state index contributed by atoms with van der Waals surface area (Å²) in [6.45, 7) is 0. The molecular weight excluding hydrogens is 424 g/mol. The van der Waals surface area contributed by atoms with Crippen molar-refractivity contribution in [3.05, 3.63) is 72.7 Å². The standard InChI is InChI=1S/C17H11F2N5O3S2/c18-11-8-13(27-12-4-2-1-3-5-12)16(19)14(9-11)29(25,26)24(15-6-7-21-23-15)17-20-10-22-28-17/h1-10H,(H,21,23). The number of aromatic nitrogens is 4. The third kappa shape index (κ3) is 3.67. The van der Waals surface area contributed by atoms with Crippen molar-refractivity contribution >= 4 is 32.5 Å². The molecule has 0 aliphatic carbocycles. The van der Waals surface area contributed by atoms with Crippen LogP contribution in [0.15, 0.2) is 66.0 Å². The Morgan fingerprint density at radius 2 is 1.90 bits per heavy atom. The van der Waals surface area contributed by atoms with Crippen LogP contribution < -0.4 is 9.04 Å². The van der Waals surface area contributed by atoms with E-state index in [2.05, 4.69) is 19.6 Å². The van der Waals surface area contributed by atoms with Crippen molar-refractivity contribution in [3.63, 3.8) is 0 Å². The monoisotopic (exact) mass is 435 g/mol. The van der Waals surface area contributed by atoms with E-state index in [9.17, 15) is 12.8 Å². The van der Waals surface area contributed by atoms with Crippen molar-refractivity contribution in [1.82, 2.24) is 19.6 Å². The Morgan fingerprint density at radius 3 is 2.55 bits per heavy atom. The second-order valence-electron chi connectivity index (χ2n) is 5.57. The average Bonchev–Trinajstić information content (AvgIpc) is 3.40. The molecule has 0 bridgehead atoms. The molecule has 0 radical (unpaired) electrons. The minimum absolute atomic E-state index is 0.0176. The molecule has 2 aromatic carbocycles. The predicted octanol–water partition coefficient (Wildman–Crippen LogP) is 3.86. The topological polar surface area (TPSA) is 101 Å². The lowest BCUT2D eigenvalue weighted by atomic mass is 10.3. The van der Waals surface area contributed by atoms with Crippen molar-refractivity contribution in [3.8, 4) is 11.5 Å². The maximum atomic E-state index is 15.1. The molecule has 0 aliphatic rings. The minimum atomic E-state index is -4.64. The van der Waals surface area contributed by atoms with E-state index in [4.69, 9.17) is 4.74 Å². The van der Waals surface area contributed by atoms with E-state index in [0.29, 0.717) is 10.4 Å². The lowest BCUT2D eigenvalue weighted by Crippen LogP contribution is -2.27. The molecule has 2 heterocycles. The maximum absolute atomic E-state index is 15.1. The van der Waals surface area contributed by atoms with Gasteiger partial charge in [0, 0.05) is 23.7 Å². The highest BCUT2D eigenvalue weighted by atomic mass is 32.2. The van der Waals surface area contributed by atoms with Gasteiger partial charge in [-0.05, 0) is 18.2 Å². The number of aromatic amines is 1. The van der Waals surface area contributed by atoms with E-state index in [1.807, 2.05) is 0 Å². The van der Waals surface area contributed by atoms with Crippen molar-refractivity contribution in [1.29, 1.82) is 0 Å². The van der Waals surface area contributed by atoms with Gasteiger partial charge in [0.15, 0.2) is 11.6 Å². The van der Waals surface area contributed by atoms with Crippen LogP contribution in [0.5, 0.6) is 11.5 Å². The van der Waals surface area contributed by atoms with Gasteiger partial charge in [0.2, 0.25) is 5.13 Å². The second-order valence-corrected chi connectivity index (χ2v) is 8.08. The van der Waals surface area contributed by atoms with Crippen LogP contribution in [0.4, 0.5) is 19.7 Å². The number of halogens is 2. The highest BCUT2D eigenvalue weighted by Crippen LogP contribution is 2.36. The Kier molecular flexibility index (Phi) is 4.94. The van der Waals surface area contributed by atoms with Crippen LogP contribution in [-0.4, -0.2) is 28.0 Å². The number of rotatable bonds is 6. The normalized spacial score (nSPS) is 11.4. The first-order valence-corrected chi connectivity index (χ1v) is 10.2. The van der Waals surface area contributed by atoms with E-state index in [1.165, 1.54) is 24.4 Å². The van der Waals surface area contributed by atoms with E-state index < -0.39 is 32.3 Å². The van der Waals surface area contributed by atoms with Crippen molar-refractivity contribution in [2.45, 2.75) is 4.90 Å². The number of benzene rings is 2. The molecule has 0 amide bonds. The van der Waals surface area contributed by atoms with Crippen LogP contribution in [0.25, 0.3) is 0 Å². The minimum Gasteiger partial charge on any atom is -0.454 e. The zero-order valence-corrected chi connectivity index (χ0v) is 16.0. The molecule has 29 heavy (non-hydrogen) atoms. The van der Waals surface area contributed by atoms with Gasteiger partial charge in [0.05, 0.1) is 6.20 Å². The van der Waals surface area contributed by atoms with Crippen LogP contribution in [0, 0.1) is 11.6 Å². The molecule has 8 nitrogen and oxygen atoms in total. The van der Waals surface area contributed by atoms with Crippen LogP contribution in [-0.2, 0) is 10.0 Å². The summed E-state index contributed by atoms with van der Waals surface area (Å²) in [7, 11) is -4.64. The summed E-state index contributed by atoms with van der Waals surface area (Å²) in [5.41, 5.74) is 0. The molecule has 148 valence electrons. The van der Waals surface area contributed by atoms with E-state index >= 15 is 4.39 Å². The van der Waals surface area contributed by atoms with Crippen LogP contribution in [0.2, 0.25) is 0 Å². The van der Waals surface area contributed by atoms with Crippen LogP contribution in [0.1, 0.15) is 0 Å². The number of nitrogens with zero attached hydrogens (tertiary/aromatic N) is 4. The molecule has 0 unspecified atom stereocenters. The summed E-state index contributed by atoms with van der Waals surface area (Å²) < 4.78 is 65.7. The lowest BCUT2D eigenvalue weighted by molar-refractivity contribution is 0.425. The first-order chi connectivity index (χ1) is 14.0. The number of nitrogens with one attached hydrogen (secondary N) is 1. The Morgan fingerprint density at radius 1 is 1.10 bits per heavy atom. The first kappa shape index (κ1) is 19.0. The number of hydrogen-bond acceptors (Lipinski definition) is 7. The fraction of sp³-hybridized carbons (Fsp3) is 0. The number of sulfonamides is 1. The van der Waals surface area contributed by atoms with Crippen LogP contribution in [0.3, 0.4) is 0 Å². The summed E-state index contributed by atoms with van der Waals surface area (Å²) in [6.07, 6.45) is 2.45. The third-order valence-corrected chi connectivity index (χ3v) is 6.16. The first-order valence-electron chi connectivity index (χ1n) is 8.00. The molecule has 2 aromatic heterocycles. The lowest BCUT2D eigenvalue weighted by Gasteiger charge is -2.20. The summed E-state index contributed by atoms with van der Waals surface area (Å²) in [5, 5.41) is 6.10. The van der Waals surface area contributed by atoms with E-state index in [1.54, 1.807) is 18.2 Å². The zero-order valence-electron chi connectivity index (χ0n) is 14.4. The molecule has 12 heteroatoms. The molecular formula is C17H11F2N5O3S2. The Balaban J connectivity index is 1.84. The molecule has 0 spiro atoms. The van der Waals surface area contributed by atoms with Gasteiger partial charge >= 0.3 is 0 Å². The second kappa shape index (κ2) is 7.56. The molecule has 0 aliphatic heterocycles. The number of H-pyrrole nitrogens is 1. The van der Waals surface area contributed by atoms with Gasteiger partial charge in [-0.1, -0.05) is 18.2 Å². The molecule has 0 fully saturated rings. The average molecular weight is 435 g/mol. The smallest absolute Gasteiger partial charge is 0.274 e. The molecule has 4 aromatic rings. The van der Waals surface area contributed by atoms with Gasteiger partial charge < -0.3 is 4.74 Å². The van der Waals surface area contributed by atoms with Crippen molar-refractivity contribution < 1.29 is 21.9 Å². The predicted molar refractivity (Wildman–Crippen MR) is 101 cm³/mol. The van der Waals surface area contributed by atoms with Gasteiger partial charge in [-0.2, -0.15) is 13.8 Å². The summed E-state index contributed by atoms with van der Waals surface area (Å²) in [4.78, 5) is 2.94. The fourth-order valence-electron chi connectivity index (χ4n) is 2.47. The van der Waals surface area contributed by atoms with Gasteiger partial charge in [-0.25, -0.2) is 22.2 Å². The third-order valence-electron chi connectivity index (χ3n) is 3.69. The molecule has 0 atom stereocenters. The van der Waals surface area contributed by atoms with Crippen molar-refractivity contribution in [2.24, 2.45) is 0 Å². The van der Waals surface area contributed by atoms with Crippen LogP contribution >= 0.6 is 11.5 Å². The van der Waals surface area contributed by atoms with E-state index in [0.717, 1.165) is 23.9 Å². The Labute approximate surface area is 167 Å². The fourth-order valence-corrected chi connectivity index (χ4v) is 4.72. The summed E-state index contributed by atoms with van der Waals surface area (Å²) in [5.74, 6) is -2.61. The summed E-state index contributed by atoms with van der Waals surface area (Å²) >= 11 is 0.758. The summed E-state index contributed by atoms with van der Waals surface area (Å²) in [6, 6.07) is 10.7. The van der Waals surface area contributed by atoms with Crippen molar-refractivity contribution in [2.75, 3.05) is 4.31 Å². The highest BCUT2D eigenvalue weighted by molar-refractivity contribution is 7.93. The zero-order chi connectivity index (χ0) is 20.4. The quantitative estimate of drug-likeness (QED) is 0.494. The SMILES string of the molecule is O=S(=O)(c1cc(F)cc(Oc2ccccc2)c1F)N(c1ccn[nH]1)c1ncns1. The van der Waals surface area contributed by atoms with Gasteiger partial charge in [-0.15, -0.1) is 0 Å². The Hall–Kier alpha value is -3.38. The molecule has 1 N–H and O–H groups in total. The van der Waals surface area contributed by atoms with Gasteiger partial charge in [-0.3, -0.25) is 5.10 Å². The number of anilines is 2. The Bertz CT molecular complexity index is 1180. The molecule has 0 saturated heterocycles. The van der Waals surface area contributed by atoms with E-state index in [-0.39, 0.29) is 16.7 Å². The molecule has 4 rings (SSSR count). The largest absolute Gasteiger partial charge is 0.454 e. The van der Waals surface area contributed by atoms with Gasteiger partial charge in [0.25, 0.3) is 10.0 Å². The number of para-hydroxylation sites is 1. The maximum Gasteiger partial charge on any atom is 0.274 e. The van der Waals surface area contributed by atoms with Gasteiger partial charge in [0.1, 0.15) is 28.6 Å².